The van der Waals surface area contributed by atoms with Gasteiger partial charge in [0.05, 0.1) is 0 Å². The third kappa shape index (κ3) is 3.12. The molecule has 0 saturated carbocycles. The number of hydrogen-bond donors (Lipinski definition) is 1. The molecule has 1 N–H and O–H groups in total. The van der Waals surface area contributed by atoms with Crippen LogP contribution in [0.15, 0.2) is 30.6 Å². The second kappa shape index (κ2) is 6.03. The van der Waals surface area contributed by atoms with Gasteiger partial charge in [0.25, 0.3) is 0 Å². The fourth-order valence-electron chi connectivity index (χ4n) is 1.61. The highest BCUT2D eigenvalue weighted by Gasteiger charge is 2.08. The van der Waals surface area contributed by atoms with Crippen LogP contribution in [0.2, 0.25) is 10.0 Å². The second-order valence-electron chi connectivity index (χ2n) is 3.84. The van der Waals surface area contributed by atoms with E-state index >= 15 is 0 Å². The molecule has 1 aromatic heterocycles. The van der Waals surface area contributed by atoms with Crippen molar-refractivity contribution in [3.63, 3.8) is 0 Å². The van der Waals surface area contributed by atoms with Crippen molar-refractivity contribution in [2.24, 2.45) is 0 Å². The van der Waals surface area contributed by atoms with E-state index in [1.165, 1.54) is 0 Å². The molecule has 1 heterocycles. The molecule has 0 atom stereocenters. The summed E-state index contributed by atoms with van der Waals surface area (Å²) in [6.45, 7) is 2.94. The quantitative estimate of drug-likeness (QED) is 0.909. The Morgan fingerprint density at radius 1 is 1.06 bits per heavy atom. The first-order valence-corrected chi connectivity index (χ1v) is 6.47. The minimum Gasteiger partial charge on any atom is -0.368 e. The zero-order valence-electron chi connectivity index (χ0n) is 9.95. The zero-order valence-corrected chi connectivity index (χ0v) is 11.5. The Morgan fingerprint density at radius 3 is 2.39 bits per heavy atom. The Balaban J connectivity index is 2.42. The van der Waals surface area contributed by atoms with Crippen molar-refractivity contribution >= 4 is 29.0 Å². The maximum Gasteiger partial charge on any atom is 0.152 e. The molecule has 0 bridgehead atoms. The predicted octanol–water partition coefficient (Wildman–Crippen LogP) is 4.27. The standard InChI is InChI=1S/C13H13Cl2N3/c1-2-3-17-13-12(16-4-5-18-13)9-6-10(14)8-11(15)7-9/h4-8H,2-3H2,1H3,(H,17,18). The van der Waals surface area contributed by atoms with Gasteiger partial charge in [0.1, 0.15) is 5.69 Å². The van der Waals surface area contributed by atoms with Crippen LogP contribution in [-0.2, 0) is 0 Å². The molecule has 0 aliphatic carbocycles. The van der Waals surface area contributed by atoms with E-state index in [4.69, 9.17) is 23.2 Å². The number of rotatable bonds is 4. The van der Waals surface area contributed by atoms with Gasteiger partial charge >= 0.3 is 0 Å². The maximum atomic E-state index is 6.00. The van der Waals surface area contributed by atoms with Gasteiger partial charge in [0, 0.05) is 34.5 Å². The van der Waals surface area contributed by atoms with Crippen LogP contribution in [0.4, 0.5) is 5.82 Å². The molecule has 1 aromatic carbocycles. The van der Waals surface area contributed by atoms with E-state index < -0.39 is 0 Å². The maximum absolute atomic E-state index is 6.00. The van der Waals surface area contributed by atoms with Crippen molar-refractivity contribution in [3.05, 3.63) is 40.6 Å². The molecule has 94 valence electrons. The molecule has 0 spiro atoms. The summed E-state index contributed by atoms with van der Waals surface area (Å²) in [6, 6.07) is 5.35. The topological polar surface area (TPSA) is 37.8 Å². The Bertz CT molecular complexity index is 523. The summed E-state index contributed by atoms with van der Waals surface area (Å²) in [5.74, 6) is 0.748. The van der Waals surface area contributed by atoms with Gasteiger partial charge in [-0.05, 0) is 24.6 Å². The van der Waals surface area contributed by atoms with Crippen LogP contribution in [0, 0.1) is 0 Å². The van der Waals surface area contributed by atoms with Gasteiger partial charge in [0.2, 0.25) is 0 Å². The van der Waals surface area contributed by atoms with Gasteiger partial charge in [0.15, 0.2) is 5.82 Å². The number of aromatic nitrogens is 2. The van der Waals surface area contributed by atoms with Crippen molar-refractivity contribution in [3.8, 4) is 11.3 Å². The summed E-state index contributed by atoms with van der Waals surface area (Å²) >= 11 is 12.0. The first-order chi connectivity index (χ1) is 8.70. The lowest BCUT2D eigenvalue weighted by molar-refractivity contribution is 0.966. The highest BCUT2D eigenvalue weighted by Crippen LogP contribution is 2.29. The van der Waals surface area contributed by atoms with Crippen molar-refractivity contribution < 1.29 is 0 Å². The largest absolute Gasteiger partial charge is 0.368 e. The van der Waals surface area contributed by atoms with E-state index in [1.54, 1.807) is 18.5 Å². The van der Waals surface area contributed by atoms with E-state index in [2.05, 4.69) is 22.2 Å². The molecule has 0 aliphatic rings. The summed E-state index contributed by atoms with van der Waals surface area (Å²) in [5.41, 5.74) is 1.62. The van der Waals surface area contributed by atoms with Crippen LogP contribution in [-0.4, -0.2) is 16.5 Å². The van der Waals surface area contributed by atoms with Gasteiger partial charge in [-0.2, -0.15) is 0 Å². The Kier molecular flexibility index (Phi) is 4.39. The summed E-state index contributed by atoms with van der Waals surface area (Å²) in [4.78, 5) is 8.63. The highest BCUT2D eigenvalue weighted by molar-refractivity contribution is 6.35. The first-order valence-electron chi connectivity index (χ1n) is 5.72. The van der Waals surface area contributed by atoms with Crippen LogP contribution in [0.1, 0.15) is 13.3 Å². The first kappa shape index (κ1) is 13.1. The zero-order chi connectivity index (χ0) is 13.0. The lowest BCUT2D eigenvalue weighted by Crippen LogP contribution is -2.04. The van der Waals surface area contributed by atoms with E-state index in [0.717, 1.165) is 30.0 Å². The SMILES string of the molecule is CCCNc1nccnc1-c1cc(Cl)cc(Cl)c1. The number of anilines is 1. The van der Waals surface area contributed by atoms with E-state index in [1.807, 2.05) is 12.1 Å². The molecule has 2 rings (SSSR count). The molecule has 5 heteroatoms. The molecule has 0 aliphatic heterocycles. The predicted molar refractivity (Wildman–Crippen MR) is 76.3 cm³/mol. The van der Waals surface area contributed by atoms with Crippen LogP contribution in [0.3, 0.4) is 0 Å². The monoisotopic (exact) mass is 281 g/mol. The molecule has 0 unspecified atom stereocenters. The average molecular weight is 282 g/mol. The van der Waals surface area contributed by atoms with Gasteiger partial charge in [-0.15, -0.1) is 0 Å². The second-order valence-corrected chi connectivity index (χ2v) is 4.71. The molecular formula is C13H13Cl2N3. The Labute approximate surface area is 116 Å². The summed E-state index contributed by atoms with van der Waals surface area (Å²) < 4.78 is 0. The molecule has 18 heavy (non-hydrogen) atoms. The number of nitrogens with zero attached hydrogens (tertiary/aromatic N) is 2. The number of hydrogen-bond acceptors (Lipinski definition) is 3. The third-order valence-corrected chi connectivity index (χ3v) is 2.81. The number of nitrogens with one attached hydrogen (secondary N) is 1. The van der Waals surface area contributed by atoms with Crippen molar-refractivity contribution in [2.45, 2.75) is 13.3 Å². The van der Waals surface area contributed by atoms with Crippen LogP contribution in [0.5, 0.6) is 0 Å². The normalized spacial score (nSPS) is 10.4. The van der Waals surface area contributed by atoms with E-state index in [0.29, 0.717) is 10.0 Å². The highest BCUT2D eigenvalue weighted by atomic mass is 35.5. The summed E-state index contributed by atoms with van der Waals surface area (Å²) in [5, 5.41) is 4.42. The van der Waals surface area contributed by atoms with Crippen molar-refractivity contribution in [1.29, 1.82) is 0 Å². The molecular weight excluding hydrogens is 269 g/mol. The lowest BCUT2D eigenvalue weighted by atomic mass is 10.1. The Morgan fingerprint density at radius 2 is 1.72 bits per heavy atom. The Hall–Kier alpha value is -1.32. The number of halogens is 2. The smallest absolute Gasteiger partial charge is 0.152 e. The lowest BCUT2D eigenvalue weighted by Gasteiger charge is -2.09. The minimum absolute atomic E-state index is 0.588. The van der Waals surface area contributed by atoms with E-state index in [9.17, 15) is 0 Å². The average Bonchev–Trinajstić information content (AvgIpc) is 2.35. The van der Waals surface area contributed by atoms with Gasteiger partial charge in [-0.3, -0.25) is 4.98 Å². The van der Waals surface area contributed by atoms with Gasteiger partial charge in [-0.1, -0.05) is 30.1 Å². The molecule has 2 aromatic rings. The van der Waals surface area contributed by atoms with Crippen LogP contribution in [0.25, 0.3) is 11.3 Å². The molecule has 0 saturated heterocycles. The van der Waals surface area contributed by atoms with Gasteiger partial charge < -0.3 is 5.32 Å². The molecule has 0 fully saturated rings. The van der Waals surface area contributed by atoms with Crippen LogP contribution < -0.4 is 5.32 Å². The third-order valence-electron chi connectivity index (χ3n) is 2.38. The van der Waals surface area contributed by atoms with Crippen molar-refractivity contribution in [1.82, 2.24) is 9.97 Å². The fourth-order valence-corrected chi connectivity index (χ4v) is 2.14. The summed E-state index contributed by atoms with van der Waals surface area (Å²) in [6.07, 6.45) is 4.33. The van der Waals surface area contributed by atoms with Crippen LogP contribution >= 0.6 is 23.2 Å². The van der Waals surface area contributed by atoms with Gasteiger partial charge in [-0.25, -0.2) is 4.98 Å². The molecule has 3 nitrogen and oxygen atoms in total. The van der Waals surface area contributed by atoms with E-state index in [-0.39, 0.29) is 0 Å². The minimum atomic E-state index is 0.588. The summed E-state index contributed by atoms with van der Waals surface area (Å²) in [7, 11) is 0. The molecule has 0 amide bonds. The number of benzene rings is 1. The van der Waals surface area contributed by atoms with Crippen molar-refractivity contribution in [2.75, 3.05) is 11.9 Å². The fraction of sp³-hybridized carbons (Fsp3) is 0.231. The molecule has 0 radical (unpaired) electrons.